The van der Waals surface area contributed by atoms with Crippen molar-refractivity contribution in [1.82, 2.24) is 14.7 Å². The van der Waals surface area contributed by atoms with E-state index in [2.05, 4.69) is 42.6 Å². The highest BCUT2D eigenvalue weighted by molar-refractivity contribution is 5.73. The maximum Gasteiger partial charge on any atom is 0.320 e. The van der Waals surface area contributed by atoms with Gasteiger partial charge in [0, 0.05) is 39.3 Å². The molecule has 1 rings (SSSR count). The Balaban J connectivity index is 2.67. The maximum atomic E-state index is 11.6. The lowest BCUT2D eigenvalue weighted by Crippen LogP contribution is -2.46. The number of hydrogen-bond donors (Lipinski definition) is 1. The van der Waals surface area contributed by atoms with Crippen molar-refractivity contribution in [2.45, 2.75) is 32.7 Å². The molecule has 0 bridgehead atoms. The third kappa shape index (κ3) is 6.20. The molecular formula is C15H31N3O2. The minimum atomic E-state index is -0.671. The van der Waals surface area contributed by atoms with Crippen LogP contribution in [0.15, 0.2) is 0 Å². The molecule has 0 saturated carbocycles. The molecule has 1 unspecified atom stereocenters. The number of hydrogen-bond acceptors (Lipinski definition) is 4. The first kappa shape index (κ1) is 17.4. The minimum Gasteiger partial charge on any atom is -0.480 e. The van der Waals surface area contributed by atoms with E-state index in [9.17, 15) is 9.90 Å². The summed E-state index contributed by atoms with van der Waals surface area (Å²) < 4.78 is 0. The van der Waals surface area contributed by atoms with Crippen molar-refractivity contribution < 1.29 is 9.90 Å². The Morgan fingerprint density at radius 2 is 1.40 bits per heavy atom. The first-order valence-electron chi connectivity index (χ1n) is 7.74. The molecule has 0 aliphatic carbocycles. The average molecular weight is 285 g/mol. The van der Waals surface area contributed by atoms with Crippen molar-refractivity contribution in [3.8, 4) is 0 Å². The van der Waals surface area contributed by atoms with Crippen LogP contribution in [-0.4, -0.2) is 85.2 Å². The lowest BCUT2D eigenvalue weighted by atomic mass is 10.0. The molecular weight excluding hydrogens is 254 g/mol. The summed E-state index contributed by atoms with van der Waals surface area (Å²) in [7, 11) is 4.22. The van der Waals surface area contributed by atoms with E-state index in [1.54, 1.807) is 0 Å². The van der Waals surface area contributed by atoms with Crippen LogP contribution in [0, 0.1) is 5.92 Å². The van der Waals surface area contributed by atoms with E-state index < -0.39 is 5.97 Å². The van der Waals surface area contributed by atoms with Gasteiger partial charge in [-0.3, -0.25) is 9.69 Å². The zero-order valence-corrected chi connectivity index (χ0v) is 13.5. The predicted molar refractivity (Wildman–Crippen MR) is 82.1 cm³/mol. The van der Waals surface area contributed by atoms with Crippen LogP contribution in [0.5, 0.6) is 0 Å². The summed E-state index contributed by atoms with van der Waals surface area (Å²) in [6, 6.07) is -0.336. The van der Waals surface area contributed by atoms with Crippen molar-refractivity contribution in [2.75, 3.05) is 53.4 Å². The van der Waals surface area contributed by atoms with Crippen molar-refractivity contribution >= 4 is 5.97 Å². The Labute approximate surface area is 123 Å². The second-order valence-electron chi connectivity index (χ2n) is 6.47. The highest BCUT2D eigenvalue weighted by Gasteiger charge is 2.26. The predicted octanol–water partition coefficient (Wildman–Crippen LogP) is 1.06. The monoisotopic (exact) mass is 285 g/mol. The topological polar surface area (TPSA) is 47.0 Å². The van der Waals surface area contributed by atoms with Crippen LogP contribution in [0.25, 0.3) is 0 Å². The van der Waals surface area contributed by atoms with E-state index in [-0.39, 0.29) is 6.04 Å². The molecule has 1 saturated heterocycles. The standard InChI is InChI=1S/C15H31N3O2/c1-13(2)5-6-14(15(19)20)18-11-9-16(3)7-8-17(4)10-12-18/h13-14H,5-12H2,1-4H3,(H,19,20). The van der Waals surface area contributed by atoms with Crippen molar-refractivity contribution in [2.24, 2.45) is 5.92 Å². The fraction of sp³-hybridized carbons (Fsp3) is 0.933. The molecule has 0 aromatic heterocycles. The van der Waals surface area contributed by atoms with Gasteiger partial charge in [0.15, 0.2) is 0 Å². The first-order chi connectivity index (χ1) is 9.40. The van der Waals surface area contributed by atoms with Crippen LogP contribution in [-0.2, 0) is 4.79 Å². The van der Waals surface area contributed by atoms with E-state index >= 15 is 0 Å². The molecule has 20 heavy (non-hydrogen) atoms. The highest BCUT2D eigenvalue weighted by atomic mass is 16.4. The quantitative estimate of drug-likeness (QED) is 0.818. The summed E-state index contributed by atoms with van der Waals surface area (Å²) in [6.07, 6.45) is 1.72. The van der Waals surface area contributed by atoms with Gasteiger partial charge in [0.05, 0.1) is 0 Å². The van der Waals surface area contributed by atoms with Gasteiger partial charge in [0.1, 0.15) is 6.04 Å². The number of carboxylic acid groups (broad SMARTS) is 1. The van der Waals surface area contributed by atoms with Gasteiger partial charge >= 0.3 is 5.97 Å². The molecule has 1 N–H and O–H groups in total. The van der Waals surface area contributed by atoms with Crippen molar-refractivity contribution in [3.05, 3.63) is 0 Å². The number of aliphatic carboxylic acids is 1. The normalized spacial score (nSPS) is 22.2. The van der Waals surface area contributed by atoms with Crippen LogP contribution in [0.2, 0.25) is 0 Å². The smallest absolute Gasteiger partial charge is 0.320 e. The summed E-state index contributed by atoms with van der Waals surface area (Å²) in [5, 5.41) is 9.53. The van der Waals surface area contributed by atoms with Gasteiger partial charge in [-0.05, 0) is 32.9 Å². The molecule has 0 spiro atoms. The van der Waals surface area contributed by atoms with Gasteiger partial charge < -0.3 is 14.9 Å². The van der Waals surface area contributed by atoms with Crippen LogP contribution in [0.4, 0.5) is 0 Å². The van der Waals surface area contributed by atoms with Gasteiger partial charge in [-0.2, -0.15) is 0 Å². The fourth-order valence-corrected chi connectivity index (χ4v) is 2.54. The third-order valence-corrected chi connectivity index (χ3v) is 4.14. The minimum absolute atomic E-state index is 0.336. The number of rotatable bonds is 5. The second kappa shape index (κ2) is 8.60. The fourth-order valence-electron chi connectivity index (χ4n) is 2.54. The number of nitrogens with zero attached hydrogens (tertiary/aromatic N) is 3. The van der Waals surface area contributed by atoms with Crippen LogP contribution in [0.3, 0.4) is 0 Å². The van der Waals surface area contributed by atoms with Crippen LogP contribution in [0.1, 0.15) is 26.7 Å². The molecule has 0 aromatic rings. The Hall–Kier alpha value is -0.650. The molecule has 5 nitrogen and oxygen atoms in total. The van der Waals surface area contributed by atoms with Gasteiger partial charge in [-0.1, -0.05) is 13.8 Å². The van der Waals surface area contributed by atoms with Gasteiger partial charge in [-0.15, -0.1) is 0 Å². The summed E-state index contributed by atoms with van der Waals surface area (Å²) in [5.74, 6) is -0.116. The summed E-state index contributed by atoms with van der Waals surface area (Å²) in [6.45, 7) is 9.98. The lowest BCUT2D eigenvalue weighted by molar-refractivity contribution is -0.143. The summed E-state index contributed by atoms with van der Waals surface area (Å²) in [4.78, 5) is 18.3. The maximum absolute atomic E-state index is 11.6. The summed E-state index contributed by atoms with van der Waals surface area (Å²) >= 11 is 0. The molecule has 1 aliphatic heterocycles. The van der Waals surface area contributed by atoms with E-state index in [0.29, 0.717) is 5.92 Å². The Morgan fingerprint density at radius 1 is 0.950 bits per heavy atom. The average Bonchev–Trinajstić information content (AvgIpc) is 2.44. The molecule has 1 fully saturated rings. The molecule has 5 heteroatoms. The zero-order valence-electron chi connectivity index (χ0n) is 13.5. The number of carboxylic acids is 1. The van der Waals surface area contributed by atoms with E-state index in [1.807, 2.05) is 0 Å². The number of carbonyl (C=O) groups is 1. The largest absolute Gasteiger partial charge is 0.480 e. The first-order valence-corrected chi connectivity index (χ1v) is 7.74. The molecule has 1 heterocycles. The van der Waals surface area contributed by atoms with Gasteiger partial charge in [0.25, 0.3) is 0 Å². The van der Waals surface area contributed by atoms with E-state index in [4.69, 9.17) is 0 Å². The Kier molecular flexibility index (Phi) is 7.48. The van der Waals surface area contributed by atoms with Crippen molar-refractivity contribution in [1.29, 1.82) is 0 Å². The third-order valence-electron chi connectivity index (χ3n) is 4.14. The van der Waals surface area contributed by atoms with E-state index in [0.717, 1.165) is 52.1 Å². The molecule has 118 valence electrons. The molecule has 0 radical (unpaired) electrons. The molecule has 0 aromatic carbocycles. The zero-order chi connectivity index (χ0) is 15.1. The van der Waals surface area contributed by atoms with Crippen molar-refractivity contribution in [3.63, 3.8) is 0 Å². The Morgan fingerprint density at radius 3 is 1.80 bits per heavy atom. The SMILES string of the molecule is CC(C)CCC(C(=O)O)N1CCN(C)CCN(C)CC1. The van der Waals surface area contributed by atoms with E-state index in [1.165, 1.54) is 0 Å². The lowest BCUT2D eigenvalue weighted by Gasteiger charge is -2.30. The van der Waals surface area contributed by atoms with Crippen LogP contribution >= 0.6 is 0 Å². The number of likely N-dealkylation sites (N-methyl/N-ethyl adjacent to an activating group) is 2. The van der Waals surface area contributed by atoms with Crippen LogP contribution < -0.4 is 0 Å². The Bertz CT molecular complexity index is 283. The molecule has 1 atom stereocenters. The van der Waals surface area contributed by atoms with Gasteiger partial charge in [-0.25, -0.2) is 0 Å². The summed E-state index contributed by atoms with van der Waals surface area (Å²) in [5.41, 5.74) is 0. The second-order valence-corrected chi connectivity index (χ2v) is 6.47. The van der Waals surface area contributed by atoms with Gasteiger partial charge in [0.2, 0.25) is 0 Å². The molecule has 0 amide bonds. The molecule has 1 aliphatic rings. The highest BCUT2D eigenvalue weighted by Crippen LogP contribution is 2.13.